The van der Waals surface area contributed by atoms with Gasteiger partial charge in [0.05, 0.1) is 13.2 Å². The topological polar surface area (TPSA) is 51.2 Å². The Labute approximate surface area is 213 Å². The lowest BCUT2D eigenvalue weighted by molar-refractivity contribution is -0.291. The first-order chi connectivity index (χ1) is 17.6. The van der Waals surface area contributed by atoms with E-state index in [4.69, 9.17) is 14.2 Å². The summed E-state index contributed by atoms with van der Waals surface area (Å²) in [5, 5.41) is 11.9. The van der Waals surface area contributed by atoms with Crippen molar-refractivity contribution in [1.82, 2.24) is 4.90 Å². The fourth-order valence-corrected chi connectivity index (χ4v) is 9.85. The van der Waals surface area contributed by atoms with Crippen LogP contribution in [0, 0.1) is 17.3 Å². The highest BCUT2D eigenvalue weighted by atomic mass is 16.6. The molecular formula is C31H37NO4. The van der Waals surface area contributed by atoms with E-state index in [0.717, 1.165) is 61.6 Å². The second-order valence-electron chi connectivity index (χ2n) is 12.5. The number of hydrogen-bond donors (Lipinski definition) is 1. The minimum Gasteiger partial charge on any atom is -0.493 e. The van der Waals surface area contributed by atoms with Gasteiger partial charge < -0.3 is 19.3 Å². The number of piperidine rings is 1. The van der Waals surface area contributed by atoms with Crippen molar-refractivity contribution in [3.8, 4) is 11.5 Å². The molecule has 1 N–H and O–H groups in total. The van der Waals surface area contributed by atoms with E-state index in [1.165, 1.54) is 30.5 Å². The first-order valence-electron chi connectivity index (χ1n) is 14.0. The molecule has 4 saturated carbocycles. The quantitative estimate of drug-likeness (QED) is 0.643. The Bertz CT molecular complexity index is 1210. The summed E-state index contributed by atoms with van der Waals surface area (Å²) in [5.74, 6) is 2.66. The van der Waals surface area contributed by atoms with E-state index < -0.39 is 11.7 Å². The number of aliphatic hydroxyl groups is 1. The first kappa shape index (κ1) is 22.0. The number of rotatable bonds is 6. The molecule has 5 heteroatoms. The monoisotopic (exact) mass is 487 g/mol. The molecule has 5 aliphatic carbocycles. The van der Waals surface area contributed by atoms with Crippen LogP contribution < -0.4 is 9.47 Å². The van der Waals surface area contributed by atoms with Crippen LogP contribution in [-0.4, -0.2) is 55.1 Å². The summed E-state index contributed by atoms with van der Waals surface area (Å²) in [6, 6.07) is 15.1. The maximum Gasteiger partial charge on any atom is 0.165 e. The summed E-state index contributed by atoms with van der Waals surface area (Å²) in [6.07, 6.45) is 7.33. The number of ether oxygens (including phenoxy) is 3. The maximum atomic E-state index is 11.9. The minimum absolute atomic E-state index is 0.0120. The van der Waals surface area contributed by atoms with Gasteiger partial charge in [-0.05, 0) is 74.6 Å². The van der Waals surface area contributed by atoms with Gasteiger partial charge in [0, 0.05) is 42.0 Å². The van der Waals surface area contributed by atoms with Gasteiger partial charge in [0.25, 0.3) is 0 Å². The zero-order valence-corrected chi connectivity index (χ0v) is 21.4. The Morgan fingerprint density at radius 2 is 1.92 bits per heavy atom. The summed E-state index contributed by atoms with van der Waals surface area (Å²) in [4.78, 5) is 2.85. The largest absolute Gasteiger partial charge is 0.493 e. The molecule has 4 bridgehead atoms. The number of benzene rings is 2. The number of hydrogen-bond acceptors (Lipinski definition) is 5. The minimum atomic E-state index is -0.575. The molecule has 2 spiro atoms. The average Bonchev–Trinajstić information content (AvgIpc) is 3.67. The Morgan fingerprint density at radius 3 is 2.67 bits per heavy atom. The summed E-state index contributed by atoms with van der Waals surface area (Å²) < 4.78 is 19.6. The van der Waals surface area contributed by atoms with Crippen LogP contribution in [0.4, 0.5) is 0 Å². The van der Waals surface area contributed by atoms with Crippen LogP contribution in [0.1, 0.15) is 61.3 Å². The third kappa shape index (κ3) is 2.44. The van der Waals surface area contributed by atoms with Gasteiger partial charge in [0.2, 0.25) is 0 Å². The highest BCUT2D eigenvalue weighted by Crippen LogP contribution is 2.77. The van der Waals surface area contributed by atoms with E-state index >= 15 is 0 Å². The van der Waals surface area contributed by atoms with Gasteiger partial charge in [0.15, 0.2) is 11.5 Å². The van der Waals surface area contributed by atoms with Crippen molar-refractivity contribution in [2.24, 2.45) is 17.3 Å². The Balaban J connectivity index is 1.34. The van der Waals surface area contributed by atoms with Crippen LogP contribution in [0.2, 0.25) is 0 Å². The summed E-state index contributed by atoms with van der Waals surface area (Å²) in [7, 11) is 3.61. The lowest BCUT2D eigenvalue weighted by Gasteiger charge is -2.74. The zero-order chi connectivity index (χ0) is 24.3. The predicted molar refractivity (Wildman–Crippen MR) is 136 cm³/mol. The molecule has 2 aromatic carbocycles. The lowest BCUT2D eigenvalue weighted by Crippen LogP contribution is -2.81. The molecule has 0 aromatic heterocycles. The zero-order valence-electron chi connectivity index (χ0n) is 21.4. The Kier molecular flexibility index (Phi) is 4.43. The molecule has 1 saturated heterocycles. The van der Waals surface area contributed by atoms with Crippen molar-refractivity contribution < 1.29 is 19.3 Å². The van der Waals surface area contributed by atoms with Crippen LogP contribution in [0.15, 0.2) is 42.5 Å². The van der Waals surface area contributed by atoms with Gasteiger partial charge in [-0.1, -0.05) is 36.4 Å². The fraction of sp³-hybridized carbons (Fsp3) is 0.613. The molecule has 0 radical (unpaired) electrons. The van der Waals surface area contributed by atoms with Crippen LogP contribution in [0.5, 0.6) is 11.5 Å². The average molecular weight is 488 g/mol. The summed E-state index contributed by atoms with van der Waals surface area (Å²) in [5.41, 5.74) is 3.33. The van der Waals surface area contributed by atoms with Crippen LogP contribution in [-0.2, 0) is 16.6 Å². The van der Waals surface area contributed by atoms with Gasteiger partial charge >= 0.3 is 0 Å². The van der Waals surface area contributed by atoms with E-state index in [2.05, 4.69) is 29.2 Å². The van der Waals surface area contributed by atoms with Crippen molar-refractivity contribution in [3.05, 3.63) is 59.2 Å². The number of likely N-dealkylation sites (tertiary alicyclic amines) is 1. The molecule has 2 aromatic rings. The van der Waals surface area contributed by atoms with Crippen molar-refractivity contribution in [3.63, 3.8) is 0 Å². The smallest absolute Gasteiger partial charge is 0.165 e. The van der Waals surface area contributed by atoms with Crippen molar-refractivity contribution >= 4 is 0 Å². The number of methoxy groups -OCH3 is 2. The molecule has 2 aliphatic heterocycles. The molecular weight excluding hydrogens is 450 g/mol. The molecule has 2 heterocycles. The highest BCUT2D eigenvalue weighted by molar-refractivity contribution is 5.63. The molecule has 36 heavy (non-hydrogen) atoms. The van der Waals surface area contributed by atoms with Gasteiger partial charge in [-0.2, -0.15) is 0 Å². The standard InChI is InChI=1S/C31H37NO4/c1-34-23-11-10-21-16-24-29-12-13-31(35-2,22(17-29)26(33)20-6-4-3-5-7-20)28-30(29,25(21)27(23)36-28)14-15-32(24)18-19-8-9-19/h3-7,10-11,19,22,24,26,28,33H,8-9,12-18H2,1-2H3/t22-,24-,26?,28-,29-,30+,31-/m1/s1. The third-order valence-electron chi connectivity index (χ3n) is 11.4. The maximum absolute atomic E-state index is 11.9. The van der Waals surface area contributed by atoms with Crippen LogP contribution in [0.25, 0.3) is 0 Å². The van der Waals surface area contributed by atoms with E-state index in [9.17, 15) is 5.11 Å². The molecule has 190 valence electrons. The Hall–Kier alpha value is -2.08. The van der Waals surface area contributed by atoms with E-state index in [1.54, 1.807) is 7.11 Å². The highest BCUT2D eigenvalue weighted by Gasteiger charge is 2.81. The molecule has 5 fully saturated rings. The predicted octanol–water partition coefficient (Wildman–Crippen LogP) is 4.65. The Morgan fingerprint density at radius 1 is 1.08 bits per heavy atom. The van der Waals surface area contributed by atoms with Gasteiger partial charge in [-0.3, -0.25) is 4.90 Å². The number of fused-ring (bicyclic) bond motifs is 2. The van der Waals surface area contributed by atoms with Crippen LogP contribution in [0.3, 0.4) is 0 Å². The molecule has 7 atom stereocenters. The lowest BCUT2D eigenvalue weighted by atomic mass is 9.34. The molecule has 1 unspecified atom stereocenters. The molecule has 0 amide bonds. The van der Waals surface area contributed by atoms with Gasteiger partial charge in [0.1, 0.15) is 11.7 Å². The molecule has 9 rings (SSSR count). The van der Waals surface area contributed by atoms with Crippen molar-refractivity contribution in [2.75, 3.05) is 27.3 Å². The summed E-state index contributed by atoms with van der Waals surface area (Å²) in [6.45, 7) is 2.36. The molecule has 5 nitrogen and oxygen atoms in total. The number of aliphatic hydroxyl groups excluding tert-OH is 1. The van der Waals surface area contributed by atoms with Crippen LogP contribution >= 0.6 is 0 Å². The normalized spacial score (nSPS) is 40.5. The third-order valence-corrected chi connectivity index (χ3v) is 11.4. The van der Waals surface area contributed by atoms with Crippen molar-refractivity contribution in [1.29, 1.82) is 0 Å². The van der Waals surface area contributed by atoms with E-state index in [1.807, 2.05) is 25.3 Å². The first-order valence-corrected chi connectivity index (χ1v) is 14.0. The number of nitrogens with zero attached hydrogens (tertiary/aromatic N) is 1. The second kappa shape index (κ2) is 7.27. The molecule has 7 aliphatic rings. The second-order valence-corrected chi connectivity index (χ2v) is 12.5. The van der Waals surface area contributed by atoms with E-state index in [0.29, 0.717) is 6.04 Å². The van der Waals surface area contributed by atoms with Crippen molar-refractivity contribution in [2.45, 2.75) is 74.2 Å². The SMILES string of the molecule is COc1ccc2c3c1O[C@H]1[C@@]4(OC)CC[C@@]5(C[C@@H]4C(O)c4ccccc4)[C@@H](C2)N(CC2CC2)CC[C@]315. The van der Waals surface area contributed by atoms with Gasteiger partial charge in [-0.25, -0.2) is 0 Å². The summed E-state index contributed by atoms with van der Waals surface area (Å²) >= 11 is 0. The fourth-order valence-electron chi connectivity index (χ4n) is 9.85. The van der Waals surface area contributed by atoms with Gasteiger partial charge in [-0.15, -0.1) is 0 Å². The van der Waals surface area contributed by atoms with E-state index in [-0.39, 0.29) is 22.9 Å².